The van der Waals surface area contributed by atoms with Crippen molar-refractivity contribution in [3.8, 4) is 5.75 Å². The lowest BCUT2D eigenvalue weighted by atomic mass is 9.95. The van der Waals surface area contributed by atoms with Gasteiger partial charge in [-0.05, 0) is 50.3 Å². The van der Waals surface area contributed by atoms with Gasteiger partial charge in [-0.15, -0.1) is 0 Å². The number of aliphatic hydroxyl groups is 1. The third kappa shape index (κ3) is 3.49. The van der Waals surface area contributed by atoms with Crippen LogP contribution in [-0.4, -0.2) is 30.4 Å². The number of hydrogen-bond donors (Lipinski definition) is 2. The van der Waals surface area contributed by atoms with Crippen LogP contribution >= 0.6 is 0 Å². The first kappa shape index (κ1) is 15.3. The second kappa shape index (κ2) is 6.55. The first-order chi connectivity index (χ1) is 9.61. The van der Waals surface area contributed by atoms with Gasteiger partial charge in [-0.3, -0.25) is 0 Å². The Morgan fingerprint density at radius 2 is 2.20 bits per heavy atom. The van der Waals surface area contributed by atoms with E-state index in [4.69, 9.17) is 4.74 Å². The molecule has 112 valence electrons. The number of benzene rings is 1. The molecule has 0 spiro atoms. The summed E-state index contributed by atoms with van der Waals surface area (Å²) in [6.45, 7) is 5.26. The van der Waals surface area contributed by atoms with E-state index in [0.717, 1.165) is 31.4 Å². The van der Waals surface area contributed by atoms with E-state index in [1.807, 2.05) is 6.92 Å². The van der Waals surface area contributed by atoms with Crippen molar-refractivity contribution >= 4 is 0 Å². The van der Waals surface area contributed by atoms with Gasteiger partial charge < -0.3 is 15.2 Å². The average Bonchev–Trinajstić information content (AvgIpc) is 3.28. The summed E-state index contributed by atoms with van der Waals surface area (Å²) in [6.07, 6.45) is 3.24. The molecule has 1 aromatic rings. The van der Waals surface area contributed by atoms with Gasteiger partial charge in [0.2, 0.25) is 0 Å². The maximum Gasteiger partial charge on any atom is 0.126 e. The Labute approximate surface area is 120 Å². The first-order valence-electron chi connectivity index (χ1n) is 7.36. The normalized spacial score (nSPS) is 17.8. The van der Waals surface area contributed by atoms with Crippen molar-refractivity contribution in [2.24, 2.45) is 5.92 Å². The van der Waals surface area contributed by atoms with Crippen LogP contribution in [0.2, 0.25) is 0 Å². The molecule has 3 nitrogen and oxygen atoms in total. The summed E-state index contributed by atoms with van der Waals surface area (Å²) in [7, 11) is 0. The van der Waals surface area contributed by atoms with Crippen molar-refractivity contribution < 1.29 is 14.2 Å². The molecule has 4 heteroatoms. The highest BCUT2D eigenvalue weighted by Crippen LogP contribution is 2.40. The van der Waals surface area contributed by atoms with Gasteiger partial charge in [0.05, 0.1) is 12.1 Å². The monoisotopic (exact) mass is 281 g/mol. The van der Waals surface area contributed by atoms with Gasteiger partial charge >= 0.3 is 0 Å². The van der Waals surface area contributed by atoms with Crippen LogP contribution in [0.5, 0.6) is 5.75 Å². The van der Waals surface area contributed by atoms with Crippen LogP contribution in [0.1, 0.15) is 31.7 Å². The number of aliphatic hydroxyl groups excluding tert-OH is 1. The summed E-state index contributed by atoms with van der Waals surface area (Å²) in [5.74, 6) is 0.711. The lowest BCUT2D eigenvalue weighted by Crippen LogP contribution is -2.55. The van der Waals surface area contributed by atoms with Crippen LogP contribution in [0.4, 0.5) is 4.39 Å². The molecule has 2 N–H and O–H groups in total. The molecule has 1 saturated carbocycles. The van der Waals surface area contributed by atoms with Crippen molar-refractivity contribution in [2.45, 2.75) is 38.6 Å². The molecule has 0 saturated heterocycles. The Morgan fingerprint density at radius 1 is 1.45 bits per heavy atom. The molecule has 0 heterocycles. The molecule has 1 aliphatic carbocycles. The second-order valence-electron chi connectivity index (χ2n) is 5.71. The highest BCUT2D eigenvalue weighted by molar-refractivity contribution is 5.32. The van der Waals surface area contributed by atoms with E-state index in [0.29, 0.717) is 18.3 Å². The lowest BCUT2D eigenvalue weighted by molar-refractivity contribution is 0.0846. The second-order valence-corrected chi connectivity index (χ2v) is 5.71. The standard InChI is InChI=1S/C16H24FNO2/c1-3-8-18-16(10-19,13-5-6-13)11-20-15-9-14(17)7-4-12(15)2/h4,7,9,13,18-19H,3,5-6,8,10-11H2,1-2H3. The van der Waals surface area contributed by atoms with Gasteiger partial charge in [-0.2, -0.15) is 0 Å². The molecule has 0 bridgehead atoms. The molecular weight excluding hydrogens is 257 g/mol. The minimum Gasteiger partial charge on any atom is -0.491 e. The van der Waals surface area contributed by atoms with E-state index < -0.39 is 5.54 Å². The molecule has 2 rings (SSSR count). The molecule has 0 aliphatic heterocycles. The fourth-order valence-corrected chi connectivity index (χ4v) is 2.49. The van der Waals surface area contributed by atoms with Gasteiger partial charge in [-0.25, -0.2) is 4.39 Å². The Balaban J connectivity index is 2.06. The molecule has 1 aromatic carbocycles. The van der Waals surface area contributed by atoms with Crippen molar-refractivity contribution in [1.82, 2.24) is 5.32 Å². The summed E-state index contributed by atoms with van der Waals surface area (Å²) in [6, 6.07) is 4.55. The smallest absolute Gasteiger partial charge is 0.126 e. The Morgan fingerprint density at radius 3 is 2.80 bits per heavy atom. The van der Waals surface area contributed by atoms with Gasteiger partial charge in [0.25, 0.3) is 0 Å². The predicted molar refractivity (Wildman–Crippen MR) is 77.5 cm³/mol. The van der Waals surface area contributed by atoms with E-state index in [9.17, 15) is 9.50 Å². The maximum atomic E-state index is 13.3. The van der Waals surface area contributed by atoms with Crippen molar-refractivity contribution in [2.75, 3.05) is 19.8 Å². The van der Waals surface area contributed by atoms with Crippen LogP contribution in [0.15, 0.2) is 18.2 Å². The van der Waals surface area contributed by atoms with Crippen molar-refractivity contribution in [1.29, 1.82) is 0 Å². The Hall–Kier alpha value is -1.13. The predicted octanol–water partition coefficient (Wildman–Crippen LogP) is 2.65. The van der Waals surface area contributed by atoms with Crippen LogP contribution < -0.4 is 10.1 Å². The zero-order valence-corrected chi connectivity index (χ0v) is 12.3. The number of hydrogen-bond acceptors (Lipinski definition) is 3. The molecular formula is C16H24FNO2. The van der Waals surface area contributed by atoms with E-state index in [1.165, 1.54) is 12.1 Å². The minimum atomic E-state index is -0.394. The topological polar surface area (TPSA) is 41.5 Å². The molecule has 0 aromatic heterocycles. The molecule has 0 amide bonds. The zero-order chi connectivity index (χ0) is 14.6. The molecule has 1 atom stereocenters. The number of aryl methyl sites for hydroxylation is 1. The van der Waals surface area contributed by atoms with E-state index in [1.54, 1.807) is 6.07 Å². The number of halogens is 1. The molecule has 1 unspecified atom stereocenters. The molecule has 0 radical (unpaired) electrons. The molecule has 1 fully saturated rings. The van der Waals surface area contributed by atoms with Crippen LogP contribution in [0.3, 0.4) is 0 Å². The van der Waals surface area contributed by atoms with Crippen LogP contribution in [0.25, 0.3) is 0 Å². The van der Waals surface area contributed by atoms with E-state index >= 15 is 0 Å². The van der Waals surface area contributed by atoms with Crippen LogP contribution in [0, 0.1) is 18.7 Å². The number of rotatable bonds is 8. The number of ether oxygens (including phenoxy) is 1. The van der Waals surface area contributed by atoms with E-state index in [2.05, 4.69) is 12.2 Å². The van der Waals surface area contributed by atoms with Crippen molar-refractivity contribution in [3.05, 3.63) is 29.6 Å². The lowest BCUT2D eigenvalue weighted by Gasteiger charge is -2.33. The summed E-state index contributed by atoms with van der Waals surface area (Å²) in [5, 5.41) is 13.2. The molecule has 20 heavy (non-hydrogen) atoms. The molecule has 1 aliphatic rings. The summed E-state index contributed by atoms with van der Waals surface area (Å²) in [4.78, 5) is 0. The highest BCUT2D eigenvalue weighted by atomic mass is 19.1. The van der Waals surface area contributed by atoms with Gasteiger partial charge in [0, 0.05) is 6.07 Å². The first-order valence-corrected chi connectivity index (χ1v) is 7.36. The fourth-order valence-electron chi connectivity index (χ4n) is 2.49. The highest BCUT2D eigenvalue weighted by Gasteiger charge is 2.45. The third-order valence-electron chi connectivity index (χ3n) is 4.00. The zero-order valence-electron chi connectivity index (χ0n) is 12.3. The fraction of sp³-hybridized carbons (Fsp3) is 0.625. The third-order valence-corrected chi connectivity index (χ3v) is 4.00. The van der Waals surface area contributed by atoms with E-state index in [-0.39, 0.29) is 12.4 Å². The SMILES string of the molecule is CCCNC(CO)(COc1cc(F)ccc1C)C1CC1. The van der Waals surface area contributed by atoms with Gasteiger partial charge in [0.15, 0.2) is 0 Å². The van der Waals surface area contributed by atoms with Crippen LogP contribution in [-0.2, 0) is 0 Å². The Bertz CT molecular complexity index is 448. The average molecular weight is 281 g/mol. The summed E-state index contributed by atoms with van der Waals surface area (Å²) in [5.41, 5.74) is 0.513. The largest absolute Gasteiger partial charge is 0.491 e. The summed E-state index contributed by atoms with van der Waals surface area (Å²) < 4.78 is 19.1. The number of nitrogens with one attached hydrogen (secondary N) is 1. The summed E-state index contributed by atoms with van der Waals surface area (Å²) >= 11 is 0. The quantitative estimate of drug-likeness (QED) is 0.769. The minimum absolute atomic E-state index is 0.0476. The van der Waals surface area contributed by atoms with Gasteiger partial charge in [-0.1, -0.05) is 13.0 Å². The maximum absolute atomic E-state index is 13.3. The van der Waals surface area contributed by atoms with Crippen molar-refractivity contribution in [3.63, 3.8) is 0 Å². The Kier molecular flexibility index (Phi) is 5.00. The van der Waals surface area contributed by atoms with Gasteiger partial charge in [0.1, 0.15) is 18.2 Å².